The van der Waals surface area contributed by atoms with Gasteiger partial charge in [0.15, 0.2) is 0 Å². The Hall–Kier alpha value is 0.293. The fraction of sp³-hybridized carbons (Fsp3) is 0.750. The van der Waals surface area contributed by atoms with Gasteiger partial charge in [0.05, 0.1) is 0 Å². The molecule has 0 bridgehead atoms. The molecule has 2 heteroatoms. The quantitative estimate of drug-likeness (QED) is 0.515. The summed E-state index contributed by atoms with van der Waals surface area (Å²) < 4.78 is 0.414. The van der Waals surface area contributed by atoms with Crippen molar-refractivity contribution in [1.82, 2.24) is 0 Å². The Kier molecular flexibility index (Phi) is 3.65. The topological polar surface area (TPSA) is 17.1 Å². The fourth-order valence-corrected chi connectivity index (χ4v) is 1.02. The Labute approximate surface area is 47.8 Å². The molecule has 0 N–H and O–H groups in total. The number of carbonyl (C=O) groups excluding carboxylic acids is 1. The van der Waals surface area contributed by atoms with E-state index in [2.05, 4.69) is 0 Å². The van der Waals surface area contributed by atoms with Crippen molar-refractivity contribution in [3.63, 3.8) is 0 Å². The first-order valence-electron chi connectivity index (χ1n) is 2.12. The zero-order valence-corrected chi connectivity index (χ0v) is 7.00. The summed E-state index contributed by atoms with van der Waals surface area (Å²) >= 11 is 0.827. The summed E-state index contributed by atoms with van der Waals surface area (Å²) in [4.78, 5) is 10.1. The summed E-state index contributed by atoms with van der Waals surface area (Å²) in [5.74, 6) is 0. The molecule has 0 aromatic heterocycles. The predicted molar refractivity (Wildman–Crippen MR) is 19.9 cm³/mol. The van der Waals surface area contributed by atoms with Crippen molar-refractivity contribution in [2.24, 2.45) is 0 Å². The van der Waals surface area contributed by atoms with Gasteiger partial charge in [-0.05, 0) is 0 Å². The van der Waals surface area contributed by atoms with Crippen LogP contribution in [0.1, 0.15) is 19.8 Å². The van der Waals surface area contributed by atoms with E-state index < -0.39 is 0 Å². The van der Waals surface area contributed by atoms with Crippen LogP contribution >= 0.6 is 0 Å². The van der Waals surface area contributed by atoms with Crippen LogP contribution in [-0.4, -0.2) is 4.38 Å². The van der Waals surface area contributed by atoms with Crippen LogP contribution in [0.2, 0.25) is 0 Å². The predicted octanol–water partition coefficient (Wildman–Crippen LogP) is 0.860. The van der Waals surface area contributed by atoms with Gasteiger partial charge in [-0.1, -0.05) is 0 Å². The molecule has 31 valence electrons. The summed E-state index contributed by atoms with van der Waals surface area (Å²) in [5.41, 5.74) is 0. The molecule has 0 aromatic rings. The van der Waals surface area contributed by atoms with Gasteiger partial charge in [0.2, 0.25) is 0 Å². The normalized spacial score (nSPS) is 8.50. The molecule has 0 fully saturated rings. The van der Waals surface area contributed by atoms with Crippen LogP contribution in [0.15, 0.2) is 0 Å². The molecule has 0 unspecified atom stereocenters. The minimum absolute atomic E-state index is 0.414. The molecule has 0 saturated heterocycles. The standard InChI is InChI=1S/C4H7O.Zn/c1-2-3-4-5;/h2-3H2,1H3;. The molecule has 0 aliphatic heterocycles. The average molecular weight is 136 g/mol. The van der Waals surface area contributed by atoms with E-state index in [4.69, 9.17) is 0 Å². The van der Waals surface area contributed by atoms with Gasteiger partial charge < -0.3 is 0 Å². The molecule has 0 heterocycles. The summed E-state index contributed by atoms with van der Waals surface area (Å²) in [7, 11) is 0. The van der Waals surface area contributed by atoms with E-state index in [1.807, 2.05) is 6.92 Å². The van der Waals surface area contributed by atoms with E-state index in [1.54, 1.807) is 0 Å². The Morgan fingerprint density at radius 1 is 1.83 bits per heavy atom. The molecule has 0 atom stereocenters. The molecule has 0 saturated carbocycles. The van der Waals surface area contributed by atoms with Crippen LogP contribution in [-0.2, 0) is 23.1 Å². The van der Waals surface area contributed by atoms with Gasteiger partial charge in [-0.3, -0.25) is 0 Å². The first-order valence-corrected chi connectivity index (χ1v) is 3.60. The average Bonchev–Trinajstić information content (AvgIpc) is 1.35. The number of rotatable bonds is 2. The fourth-order valence-electron chi connectivity index (χ4n) is 0.279. The molecule has 0 radical (unpaired) electrons. The van der Waals surface area contributed by atoms with Crippen LogP contribution in [0.25, 0.3) is 0 Å². The second-order valence-corrected chi connectivity index (χ2v) is 2.94. The molecule has 0 amide bonds. The third-order valence-electron chi connectivity index (χ3n) is 0.529. The first kappa shape index (κ1) is 6.29. The minimum atomic E-state index is 0.414. The monoisotopic (exact) mass is 135 g/mol. The van der Waals surface area contributed by atoms with Crippen molar-refractivity contribution in [3.05, 3.63) is 0 Å². The van der Waals surface area contributed by atoms with E-state index in [9.17, 15) is 4.79 Å². The van der Waals surface area contributed by atoms with Crippen LogP contribution in [0.3, 0.4) is 0 Å². The Balaban J connectivity index is 2.83. The number of hydrogen-bond acceptors (Lipinski definition) is 1. The summed E-state index contributed by atoms with van der Waals surface area (Å²) in [6, 6.07) is 0. The second-order valence-electron chi connectivity index (χ2n) is 1.29. The molecule has 0 aliphatic carbocycles. The van der Waals surface area contributed by atoms with Gasteiger partial charge in [0.1, 0.15) is 0 Å². The third-order valence-corrected chi connectivity index (χ3v) is 1.27. The third kappa shape index (κ3) is 4.29. The molecular formula is C4H7OZn. The van der Waals surface area contributed by atoms with Crippen LogP contribution in [0, 0.1) is 0 Å². The summed E-state index contributed by atoms with van der Waals surface area (Å²) in [6.45, 7) is 2.02. The molecular weight excluding hydrogens is 129 g/mol. The van der Waals surface area contributed by atoms with Crippen LogP contribution in [0.4, 0.5) is 0 Å². The van der Waals surface area contributed by atoms with Crippen molar-refractivity contribution >= 4 is 4.38 Å². The molecule has 0 spiro atoms. The second kappa shape index (κ2) is 3.48. The molecule has 1 nitrogen and oxygen atoms in total. The SMILES string of the molecule is CCC[C](=O)[Zn]. The van der Waals surface area contributed by atoms with E-state index in [-0.39, 0.29) is 0 Å². The van der Waals surface area contributed by atoms with Gasteiger partial charge in [0, 0.05) is 0 Å². The summed E-state index contributed by atoms with van der Waals surface area (Å²) in [5, 5.41) is 0. The molecule has 6 heavy (non-hydrogen) atoms. The summed E-state index contributed by atoms with van der Waals surface area (Å²) in [6.07, 6.45) is 1.80. The van der Waals surface area contributed by atoms with Crippen molar-refractivity contribution in [3.8, 4) is 0 Å². The maximum atomic E-state index is 10.1. The molecule has 0 rings (SSSR count). The Bertz CT molecular complexity index is 51.5. The molecule has 0 aromatic carbocycles. The number of hydrogen-bond donors (Lipinski definition) is 0. The van der Waals surface area contributed by atoms with Crippen molar-refractivity contribution < 1.29 is 23.1 Å². The maximum absolute atomic E-state index is 10.1. The van der Waals surface area contributed by atoms with E-state index in [0.717, 1.165) is 31.1 Å². The zero-order valence-electron chi connectivity index (χ0n) is 4.03. The van der Waals surface area contributed by atoms with E-state index in [0.29, 0.717) is 4.38 Å². The Morgan fingerprint density at radius 2 is 2.33 bits per heavy atom. The van der Waals surface area contributed by atoms with Gasteiger partial charge in [-0.2, -0.15) is 0 Å². The van der Waals surface area contributed by atoms with E-state index in [1.165, 1.54) is 0 Å². The van der Waals surface area contributed by atoms with Crippen molar-refractivity contribution in [2.75, 3.05) is 0 Å². The first-order chi connectivity index (χ1) is 2.77. The van der Waals surface area contributed by atoms with Gasteiger partial charge >= 0.3 is 47.2 Å². The van der Waals surface area contributed by atoms with Gasteiger partial charge in [-0.15, -0.1) is 0 Å². The van der Waals surface area contributed by atoms with Gasteiger partial charge in [0.25, 0.3) is 0 Å². The number of carbonyl (C=O) groups is 1. The Morgan fingerprint density at radius 3 is 2.33 bits per heavy atom. The zero-order chi connectivity index (χ0) is 4.99. The van der Waals surface area contributed by atoms with E-state index >= 15 is 0 Å². The molecule has 0 aliphatic rings. The van der Waals surface area contributed by atoms with Crippen molar-refractivity contribution in [1.29, 1.82) is 0 Å². The van der Waals surface area contributed by atoms with Crippen LogP contribution < -0.4 is 0 Å². The van der Waals surface area contributed by atoms with Crippen molar-refractivity contribution in [2.45, 2.75) is 19.8 Å². The van der Waals surface area contributed by atoms with Crippen LogP contribution in [0.5, 0.6) is 0 Å². The van der Waals surface area contributed by atoms with Gasteiger partial charge in [-0.25, -0.2) is 0 Å².